The predicted molar refractivity (Wildman–Crippen MR) is 143 cm³/mol. The van der Waals surface area contributed by atoms with Gasteiger partial charge in [0.15, 0.2) is 11.6 Å². The van der Waals surface area contributed by atoms with Gasteiger partial charge in [-0.3, -0.25) is 4.79 Å². The summed E-state index contributed by atoms with van der Waals surface area (Å²) in [5.74, 6) is -0.452. The Morgan fingerprint density at radius 3 is 2.51 bits per heavy atom. The Bertz CT molecular complexity index is 1250. The second kappa shape index (κ2) is 11.1. The van der Waals surface area contributed by atoms with Gasteiger partial charge in [-0.1, -0.05) is 43.2 Å². The number of nitrogens with two attached hydrogens (primary N) is 2. The fourth-order valence-electron chi connectivity index (χ4n) is 4.82. The molecule has 1 aliphatic heterocycles. The zero-order valence-electron chi connectivity index (χ0n) is 20.6. The van der Waals surface area contributed by atoms with E-state index in [0.29, 0.717) is 32.0 Å². The SMILES string of the molecule is NC(=O)c1cc(F)c(NC2CCCC[C@@H]2N)nc1Nc1cc(-c2ccccc2)nc(N2CCOCC2)c1. The maximum atomic E-state index is 15.0. The van der Waals surface area contributed by atoms with Gasteiger partial charge in [-0.2, -0.15) is 0 Å². The summed E-state index contributed by atoms with van der Waals surface area (Å²) in [5, 5.41) is 6.37. The maximum absolute atomic E-state index is 15.0. The summed E-state index contributed by atoms with van der Waals surface area (Å²) in [6.45, 7) is 2.65. The zero-order chi connectivity index (χ0) is 25.8. The molecule has 9 nitrogen and oxygen atoms in total. The lowest BCUT2D eigenvalue weighted by Gasteiger charge is -2.30. The molecule has 3 heterocycles. The van der Waals surface area contributed by atoms with Crippen LogP contribution in [0.3, 0.4) is 0 Å². The van der Waals surface area contributed by atoms with Crippen molar-refractivity contribution in [2.45, 2.75) is 37.8 Å². The number of benzene rings is 1. The minimum atomic E-state index is -0.777. The summed E-state index contributed by atoms with van der Waals surface area (Å²) in [7, 11) is 0. The third-order valence-electron chi connectivity index (χ3n) is 6.86. The highest BCUT2D eigenvalue weighted by molar-refractivity contribution is 5.98. The Morgan fingerprint density at radius 1 is 1.03 bits per heavy atom. The molecule has 0 spiro atoms. The van der Waals surface area contributed by atoms with Crippen LogP contribution < -0.4 is 27.0 Å². The number of morpholine rings is 1. The van der Waals surface area contributed by atoms with Crippen LogP contribution >= 0.6 is 0 Å². The third kappa shape index (κ3) is 5.81. The molecule has 0 radical (unpaired) electrons. The summed E-state index contributed by atoms with van der Waals surface area (Å²) in [6, 6.07) is 14.5. The van der Waals surface area contributed by atoms with Crippen LogP contribution in [0.5, 0.6) is 0 Å². The Kier molecular flexibility index (Phi) is 7.47. The summed E-state index contributed by atoms with van der Waals surface area (Å²) >= 11 is 0. The van der Waals surface area contributed by atoms with E-state index >= 15 is 0 Å². The number of aromatic nitrogens is 2. The fraction of sp³-hybridized carbons (Fsp3) is 0.370. The Labute approximate surface area is 215 Å². The van der Waals surface area contributed by atoms with Gasteiger partial charge in [0.25, 0.3) is 5.91 Å². The van der Waals surface area contributed by atoms with Crippen LogP contribution in [0, 0.1) is 5.82 Å². The van der Waals surface area contributed by atoms with Crippen LogP contribution in [0.25, 0.3) is 11.3 Å². The van der Waals surface area contributed by atoms with E-state index in [9.17, 15) is 9.18 Å². The molecule has 6 N–H and O–H groups in total. The second-order valence-electron chi connectivity index (χ2n) is 9.47. The van der Waals surface area contributed by atoms with Crippen LogP contribution in [0.2, 0.25) is 0 Å². The highest BCUT2D eigenvalue weighted by Crippen LogP contribution is 2.31. The number of hydrogen-bond acceptors (Lipinski definition) is 8. The second-order valence-corrected chi connectivity index (χ2v) is 9.47. The summed E-state index contributed by atoms with van der Waals surface area (Å²) in [5.41, 5.74) is 14.2. The standard InChI is InChI=1S/C27H32FN7O2/c28-20-16-19(25(30)36)26(34-27(20)33-22-9-5-4-8-21(22)29)31-18-14-23(17-6-2-1-3-7-17)32-24(15-18)35-10-12-37-13-11-35/h1-3,6-7,14-16,21-22H,4-5,8-13,29H2,(H2,30,36)(H2,31,32,33,34)/t21-,22?/m0/s1. The van der Waals surface area contributed by atoms with Gasteiger partial charge in [0.05, 0.1) is 24.5 Å². The average Bonchev–Trinajstić information content (AvgIpc) is 2.92. The van der Waals surface area contributed by atoms with Gasteiger partial charge in [0.1, 0.15) is 11.6 Å². The largest absolute Gasteiger partial charge is 0.378 e. The van der Waals surface area contributed by atoms with Crippen LogP contribution in [-0.4, -0.2) is 54.3 Å². The molecule has 37 heavy (non-hydrogen) atoms. The molecule has 194 valence electrons. The van der Waals surface area contributed by atoms with Crippen molar-refractivity contribution in [2.24, 2.45) is 11.5 Å². The van der Waals surface area contributed by atoms with Crippen molar-refractivity contribution in [2.75, 3.05) is 41.8 Å². The molecule has 5 rings (SSSR count). The van der Waals surface area contributed by atoms with E-state index in [1.807, 2.05) is 42.5 Å². The van der Waals surface area contributed by atoms with E-state index in [4.69, 9.17) is 21.2 Å². The van der Waals surface area contributed by atoms with E-state index in [-0.39, 0.29) is 29.3 Å². The van der Waals surface area contributed by atoms with Crippen molar-refractivity contribution < 1.29 is 13.9 Å². The number of carbonyl (C=O) groups excluding carboxylic acids is 1. The van der Waals surface area contributed by atoms with Gasteiger partial charge in [0, 0.05) is 42.5 Å². The molecule has 2 fully saturated rings. The fourth-order valence-corrected chi connectivity index (χ4v) is 4.82. The first-order valence-electron chi connectivity index (χ1n) is 12.7. The van der Waals surface area contributed by atoms with E-state index in [1.165, 1.54) is 0 Å². The van der Waals surface area contributed by atoms with Crippen molar-refractivity contribution in [1.29, 1.82) is 0 Å². The quantitative estimate of drug-likeness (QED) is 0.383. The lowest BCUT2D eigenvalue weighted by atomic mass is 9.91. The Balaban J connectivity index is 1.52. The number of amides is 1. The van der Waals surface area contributed by atoms with Gasteiger partial charge in [-0.15, -0.1) is 0 Å². The molecule has 1 saturated heterocycles. The highest BCUT2D eigenvalue weighted by atomic mass is 19.1. The summed E-state index contributed by atoms with van der Waals surface area (Å²) in [6.07, 6.45) is 3.77. The first-order valence-corrected chi connectivity index (χ1v) is 12.7. The lowest BCUT2D eigenvalue weighted by molar-refractivity contribution is 0.100. The van der Waals surface area contributed by atoms with E-state index in [0.717, 1.165) is 48.8 Å². The topological polar surface area (TPSA) is 131 Å². The molecule has 2 aromatic heterocycles. The van der Waals surface area contributed by atoms with Crippen LogP contribution in [-0.2, 0) is 4.74 Å². The monoisotopic (exact) mass is 505 g/mol. The van der Waals surface area contributed by atoms with Gasteiger partial charge >= 0.3 is 0 Å². The first kappa shape index (κ1) is 24.9. The Morgan fingerprint density at radius 2 is 1.78 bits per heavy atom. The first-order chi connectivity index (χ1) is 18.0. The molecule has 1 amide bonds. The van der Waals surface area contributed by atoms with Crippen LogP contribution in [0.15, 0.2) is 48.5 Å². The molecule has 1 aromatic carbocycles. The smallest absolute Gasteiger partial charge is 0.252 e. The van der Waals surface area contributed by atoms with Crippen molar-refractivity contribution in [3.05, 3.63) is 59.9 Å². The average molecular weight is 506 g/mol. The zero-order valence-corrected chi connectivity index (χ0v) is 20.6. The number of anilines is 4. The predicted octanol–water partition coefficient (Wildman–Crippen LogP) is 3.64. The van der Waals surface area contributed by atoms with Crippen LogP contribution in [0.4, 0.5) is 27.5 Å². The molecule has 10 heteroatoms. The van der Waals surface area contributed by atoms with E-state index in [2.05, 4.69) is 20.5 Å². The van der Waals surface area contributed by atoms with Gasteiger partial charge in [0.2, 0.25) is 0 Å². The van der Waals surface area contributed by atoms with E-state index in [1.54, 1.807) is 0 Å². The lowest BCUT2D eigenvalue weighted by Crippen LogP contribution is -2.43. The maximum Gasteiger partial charge on any atom is 0.252 e. The van der Waals surface area contributed by atoms with Gasteiger partial charge < -0.3 is 31.7 Å². The number of pyridine rings is 2. The molecule has 3 aromatic rings. The van der Waals surface area contributed by atoms with Gasteiger partial charge in [-0.25, -0.2) is 14.4 Å². The van der Waals surface area contributed by atoms with Crippen molar-refractivity contribution in [1.82, 2.24) is 9.97 Å². The highest BCUT2D eigenvalue weighted by Gasteiger charge is 2.25. The molecule has 2 atom stereocenters. The van der Waals surface area contributed by atoms with Crippen molar-refractivity contribution >= 4 is 29.0 Å². The third-order valence-corrected chi connectivity index (χ3v) is 6.86. The number of ether oxygens (including phenoxy) is 1. The van der Waals surface area contributed by atoms with Crippen molar-refractivity contribution in [3.63, 3.8) is 0 Å². The molecule has 1 aliphatic carbocycles. The Hall–Kier alpha value is -3.76. The number of nitrogens with zero attached hydrogens (tertiary/aromatic N) is 3. The molecule has 1 unspecified atom stereocenters. The molecule has 2 aliphatic rings. The minimum Gasteiger partial charge on any atom is -0.378 e. The summed E-state index contributed by atoms with van der Waals surface area (Å²) in [4.78, 5) is 23.7. The number of primary amides is 1. The number of halogens is 1. The molecule has 1 saturated carbocycles. The normalized spacial score (nSPS) is 19.9. The minimum absolute atomic E-state index is 0.0398. The van der Waals surface area contributed by atoms with Crippen molar-refractivity contribution in [3.8, 4) is 11.3 Å². The number of hydrogen-bond donors (Lipinski definition) is 4. The number of rotatable bonds is 7. The van der Waals surface area contributed by atoms with E-state index < -0.39 is 11.7 Å². The number of nitrogens with one attached hydrogen (secondary N) is 2. The molecular formula is C27H32FN7O2. The van der Waals surface area contributed by atoms with Crippen LogP contribution in [0.1, 0.15) is 36.0 Å². The molecular weight excluding hydrogens is 473 g/mol. The number of carbonyl (C=O) groups is 1. The molecule has 0 bridgehead atoms. The van der Waals surface area contributed by atoms with Gasteiger partial charge in [-0.05, 0) is 25.0 Å². The summed E-state index contributed by atoms with van der Waals surface area (Å²) < 4.78 is 20.5.